The SMILES string of the molecule is C=C(C)C(=C1C=CC(C(=O)c2ccccc2)=C[CH+]1)c1ccccc1. The molecule has 0 radical (unpaired) electrons. The van der Waals surface area contributed by atoms with E-state index in [0.717, 1.165) is 22.3 Å². The van der Waals surface area contributed by atoms with Gasteiger partial charge in [-0.15, -0.1) is 0 Å². The second-order valence-corrected chi connectivity index (χ2v) is 5.79. The minimum absolute atomic E-state index is 0.0405. The third kappa shape index (κ3) is 3.31. The molecule has 0 fully saturated rings. The number of rotatable bonds is 4. The predicted molar refractivity (Wildman–Crippen MR) is 100 cm³/mol. The molecule has 0 N–H and O–H groups in total. The summed E-state index contributed by atoms with van der Waals surface area (Å²) in [7, 11) is 0. The number of benzene rings is 2. The lowest BCUT2D eigenvalue weighted by Crippen LogP contribution is -2.05. The highest BCUT2D eigenvalue weighted by atomic mass is 16.1. The van der Waals surface area contributed by atoms with Crippen molar-refractivity contribution in [1.82, 2.24) is 0 Å². The van der Waals surface area contributed by atoms with Crippen molar-refractivity contribution < 1.29 is 4.79 Å². The van der Waals surface area contributed by atoms with Crippen LogP contribution in [-0.2, 0) is 0 Å². The summed E-state index contributed by atoms with van der Waals surface area (Å²) in [4.78, 5) is 12.5. The molecule has 3 rings (SSSR count). The number of ketones is 1. The second-order valence-electron chi connectivity index (χ2n) is 5.79. The van der Waals surface area contributed by atoms with Crippen LogP contribution in [-0.4, -0.2) is 5.78 Å². The third-order valence-corrected chi connectivity index (χ3v) is 3.96. The lowest BCUT2D eigenvalue weighted by molar-refractivity contribution is 0.103. The van der Waals surface area contributed by atoms with Crippen molar-refractivity contribution in [2.45, 2.75) is 6.92 Å². The van der Waals surface area contributed by atoms with Gasteiger partial charge in [0.1, 0.15) is 11.1 Å². The number of hydrogen-bond acceptors (Lipinski definition) is 1. The van der Waals surface area contributed by atoms with Crippen LogP contribution < -0.4 is 0 Å². The highest BCUT2D eigenvalue weighted by Crippen LogP contribution is 2.30. The van der Waals surface area contributed by atoms with E-state index in [0.29, 0.717) is 11.1 Å². The Balaban J connectivity index is 1.90. The van der Waals surface area contributed by atoms with Gasteiger partial charge in [0.15, 0.2) is 0 Å². The molecule has 0 saturated heterocycles. The molecule has 0 spiro atoms. The molecule has 0 bridgehead atoms. The lowest BCUT2D eigenvalue weighted by Gasteiger charge is -2.09. The van der Waals surface area contributed by atoms with Crippen molar-refractivity contribution in [2.75, 3.05) is 0 Å². The largest absolute Gasteiger partial charge is 0.277 e. The molecule has 2 aromatic rings. The minimum Gasteiger partial charge on any atom is -0.277 e. The van der Waals surface area contributed by atoms with E-state index in [1.165, 1.54) is 0 Å². The molecular weight excluding hydrogens is 292 g/mol. The molecule has 0 saturated carbocycles. The van der Waals surface area contributed by atoms with Crippen molar-refractivity contribution >= 4 is 11.4 Å². The van der Waals surface area contributed by atoms with E-state index < -0.39 is 0 Å². The van der Waals surface area contributed by atoms with E-state index in [-0.39, 0.29) is 5.78 Å². The summed E-state index contributed by atoms with van der Waals surface area (Å²) in [6.45, 7) is 6.11. The van der Waals surface area contributed by atoms with E-state index >= 15 is 0 Å². The Bertz CT molecular complexity index is 849. The Labute approximate surface area is 143 Å². The van der Waals surface area contributed by atoms with Gasteiger partial charge in [-0.05, 0) is 24.6 Å². The Hall–Kier alpha value is -3.06. The van der Waals surface area contributed by atoms with Crippen LogP contribution in [0.3, 0.4) is 0 Å². The van der Waals surface area contributed by atoms with Crippen LogP contribution in [0.1, 0.15) is 22.8 Å². The van der Waals surface area contributed by atoms with Crippen LogP contribution in [0.2, 0.25) is 0 Å². The summed E-state index contributed by atoms with van der Waals surface area (Å²) in [6.07, 6.45) is 7.76. The summed E-state index contributed by atoms with van der Waals surface area (Å²) < 4.78 is 0. The fourth-order valence-corrected chi connectivity index (χ4v) is 2.81. The smallest absolute Gasteiger partial charge is 0.234 e. The summed E-state index contributed by atoms with van der Waals surface area (Å²) in [5, 5.41) is 0. The van der Waals surface area contributed by atoms with Gasteiger partial charge in [0.2, 0.25) is 5.78 Å². The monoisotopic (exact) mass is 311 g/mol. The maximum absolute atomic E-state index is 12.5. The van der Waals surface area contributed by atoms with Crippen molar-refractivity contribution in [2.24, 2.45) is 0 Å². The zero-order valence-electron chi connectivity index (χ0n) is 13.7. The Morgan fingerprint density at radius 2 is 1.46 bits per heavy atom. The molecule has 24 heavy (non-hydrogen) atoms. The Morgan fingerprint density at radius 1 is 0.875 bits per heavy atom. The first-order valence-corrected chi connectivity index (χ1v) is 7.95. The summed E-state index contributed by atoms with van der Waals surface area (Å²) >= 11 is 0. The third-order valence-electron chi connectivity index (χ3n) is 3.96. The topological polar surface area (TPSA) is 17.1 Å². The Morgan fingerprint density at radius 3 is 1.96 bits per heavy atom. The van der Waals surface area contributed by atoms with Gasteiger partial charge in [-0.3, -0.25) is 4.79 Å². The summed E-state index contributed by atoms with van der Waals surface area (Å²) in [5.41, 5.74) is 5.71. The van der Waals surface area contributed by atoms with E-state index in [2.05, 4.69) is 18.7 Å². The van der Waals surface area contributed by atoms with Crippen LogP contribution >= 0.6 is 0 Å². The van der Waals surface area contributed by atoms with Gasteiger partial charge in [-0.2, -0.15) is 0 Å². The minimum atomic E-state index is 0.0405. The predicted octanol–water partition coefficient (Wildman–Crippen LogP) is 5.60. The van der Waals surface area contributed by atoms with Crippen LogP contribution in [0.4, 0.5) is 0 Å². The number of allylic oxidation sites excluding steroid dienone is 7. The molecule has 0 aliphatic heterocycles. The van der Waals surface area contributed by atoms with Gasteiger partial charge in [0.05, 0.1) is 5.57 Å². The molecule has 116 valence electrons. The van der Waals surface area contributed by atoms with Crippen molar-refractivity contribution in [3.05, 3.63) is 120 Å². The van der Waals surface area contributed by atoms with E-state index in [9.17, 15) is 4.79 Å². The van der Waals surface area contributed by atoms with E-state index in [4.69, 9.17) is 0 Å². The lowest BCUT2D eigenvalue weighted by atomic mass is 9.88. The molecule has 0 heterocycles. The molecule has 0 atom stereocenters. The molecule has 0 amide bonds. The molecule has 0 aromatic heterocycles. The maximum Gasteiger partial charge on any atom is 0.234 e. The van der Waals surface area contributed by atoms with Crippen LogP contribution in [0.25, 0.3) is 5.57 Å². The number of Topliss-reactive ketones (excluding diaryl/α,β-unsaturated/α-hetero) is 1. The fourth-order valence-electron chi connectivity index (χ4n) is 2.81. The number of hydrogen-bond donors (Lipinski definition) is 0. The quantitative estimate of drug-likeness (QED) is 0.530. The number of carbonyl (C=O) groups is 1. The van der Waals surface area contributed by atoms with Crippen molar-refractivity contribution in [1.29, 1.82) is 0 Å². The average Bonchev–Trinajstić information content (AvgIpc) is 2.63. The van der Waals surface area contributed by atoms with Gasteiger partial charge >= 0.3 is 0 Å². The van der Waals surface area contributed by atoms with Crippen LogP contribution in [0, 0.1) is 6.42 Å². The van der Waals surface area contributed by atoms with Gasteiger partial charge in [-0.25, -0.2) is 0 Å². The van der Waals surface area contributed by atoms with Gasteiger partial charge in [-0.1, -0.05) is 55.1 Å². The number of carbonyl (C=O) groups excluding carboxylic acids is 1. The van der Waals surface area contributed by atoms with Crippen molar-refractivity contribution in [3.63, 3.8) is 0 Å². The van der Waals surface area contributed by atoms with Gasteiger partial charge < -0.3 is 0 Å². The van der Waals surface area contributed by atoms with Crippen LogP contribution in [0.15, 0.2) is 102 Å². The molecule has 1 aliphatic carbocycles. The van der Waals surface area contributed by atoms with Gasteiger partial charge in [0.25, 0.3) is 0 Å². The maximum atomic E-state index is 12.5. The fraction of sp³-hybridized carbons (Fsp3) is 0.0435. The first-order valence-electron chi connectivity index (χ1n) is 7.95. The molecule has 1 nitrogen and oxygen atoms in total. The highest BCUT2D eigenvalue weighted by molar-refractivity contribution is 6.11. The summed E-state index contributed by atoms with van der Waals surface area (Å²) in [5.74, 6) is 0.0405. The Kier molecular flexibility index (Phi) is 4.62. The molecular formula is C23H19O+. The van der Waals surface area contributed by atoms with Gasteiger partial charge in [0, 0.05) is 35.8 Å². The molecule has 2 aromatic carbocycles. The normalized spacial score (nSPS) is 15.3. The highest BCUT2D eigenvalue weighted by Gasteiger charge is 2.21. The summed E-state index contributed by atoms with van der Waals surface area (Å²) in [6, 6.07) is 19.5. The van der Waals surface area contributed by atoms with E-state index in [1.54, 1.807) is 0 Å². The molecule has 1 heteroatoms. The molecule has 1 aliphatic rings. The van der Waals surface area contributed by atoms with E-state index in [1.807, 2.05) is 80.1 Å². The first-order chi connectivity index (χ1) is 11.7. The first kappa shape index (κ1) is 15.8. The van der Waals surface area contributed by atoms with Crippen molar-refractivity contribution in [3.8, 4) is 0 Å². The second kappa shape index (κ2) is 7.01. The average molecular weight is 311 g/mol. The molecule has 0 unspecified atom stereocenters. The standard InChI is InChI=1S/C23H19O/c1-17(2)22(18-9-5-3-6-10-18)19-13-15-21(16-14-19)23(24)20-11-7-4-8-12-20/h3-16H,1H2,2H3/q+1. The zero-order chi connectivity index (χ0) is 16.9. The zero-order valence-corrected chi connectivity index (χ0v) is 13.7. The van der Waals surface area contributed by atoms with Crippen LogP contribution in [0.5, 0.6) is 0 Å².